The van der Waals surface area contributed by atoms with Crippen LogP contribution in [0.15, 0.2) is 54.9 Å². The number of unbranched alkanes of at least 4 members (excludes halogenated alkanes) is 15. The Morgan fingerprint density at radius 1 is 0.614 bits per heavy atom. The Balaban J connectivity index is 1.51. The van der Waals surface area contributed by atoms with Gasteiger partial charge in [-0.25, -0.2) is 0 Å². The van der Waals surface area contributed by atoms with Gasteiger partial charge in [0, 0.05) is 38.3 Å². The number of amides is 3. The molecule has 0 aliphatic rings. The zero-order chi connectivity index (χ0) is 31.5. The van der Waals surface area contributed by atoms with E-state index in [2.05, 4.69) is 27.9 Å². The summed E-state index contributed by atoms with van der Waals surface area (Å²) >= 11 is 0. The maximum Gasteiger partial charge on any atom is 0.247 e. The Morgan fingerprint density at radius 2 is 1.14 bits per heavy atom. The molecular weight excluding hydrogens is 548 g/mol. The summed E-state index contributed by atoms with van der Waals surface area (Å²) in [4.78, 5) is 41.7. The second kappa shape index (κ2) is 25.1. The van der Waals surface area contributed by atoms with Gasteiger partial charge in [0.25, 0.3) is 0 Å². The number of hydrogen-bond donors (Lipinski definition) is 3. The van der Waals surface area contributed by atoms with Crippen LogP contribution in [0.1, 0.15) is 146 Å². The van der Waals surface area contributed by atoms with Crippen LogP contribution in [0.4, 0.5) is 0 Å². The minimum Gasteiger partial charge on any atom is -0.354 e. The highest BCUT2D eigenvalue weighted by atomic mass is 16.2. The van der Waals surface area contributed by atoms with Crippen LogP contribution in [0, 0.1) is 0 Å². The van der Waals surface area contributed by atoms with Crippen LogP contribution in [-0.4, -0.2) is 29.3 Å². The lowest BCUT2D eigenvalue weighted by Crippen LogP contribution is -2.40. The van der Waals surface area contributed by atoms with Gasteiger partial charge in [0.05, 0.1) is 0 Å². The van der Waals surface area contributed by atoms with Crippen molar-refractivity contribution in [1.82, 2.24) is 20.9 Å². The van der Waals surface area contributed by atoms with Crippen molar-refractivity contribution in [1.29, 1.82) is 0 Å². The molecule has 2 rings (SSSR count). The molecule has 1 aromatic carbocycles. The summed E-state index contributed by atoms with van der Waals surface area (Å²) in [6, 6.07) is 12.7. The normalized spacial score (nSPS) is 11.6. The third kappa shape index (κ3) is 18.4. The molecule has 0 unspecified atom stereocenters. The van der Waals surface area contributed by atoms with E-state index in [1.54, 1.807) is 12.4 Å². The van der Waals surface area contributed by atoms with E-state index >= 15 is 0 Å². The highest BCUT2D eigenvalue weighted by Gasteiger charge is 2.22. The van der Waals surface area contributed by atoms with Gasteiger partial charge in [-0.1, -0.05) is 127 Å². The molecule has 1 atom stereocenters. The van der Waals surface area contributed by atoms with Crippen molar-refractivity contribution < 1.29 is 14.4 Å². The minimum atomic E-state index is -0.653. The zero-order valence-corrected chi connectivity index (χ0v) is 27.3. The van der Waals surface area contributed by atoms with Gasteiger partial charge in [0.2, 0.25) is 17.7 Å². The number of carbonyl (C=O) groups excluding carboxylic acids is 3. The number of nitrogens with zero attached hydrogens (tertiary/aromatic N) is 1. The van der Waals surface area contributed by atoms with E-state index in [0.29, 0.717) is 25.9 Å². The fourth-order valence-corrected chi connectivity index (χ4v) is 5.35. The molecule has 0 saturated heterocycles. The van der Waals surface area contributed by atoms with Crippen LogP contribution in [-0.2, 0) is 20.9 Å². The first kappa shape index (κ1) is 37.0. The zero-order valence-electron chi connectivity index (χ0n) is 27.3. The molecule has 0 spiro atoms. The molecule has 44 heavy (non-hydrogen) atoms. The number of pyridine rings is 1. The molecule has 3 amide bonds. The predicted molar refractivity (Wildman–Crippen MR) is 180 cm³/mol. The molecule has 0 radical (unpaired) electrons. The van der Waals surface area contributed by atoms with E-state index < -0.39 is 6.04 Å². The summed E-state index contributed by atoms with van der Waals surface area (Å²) in [6.07, 6.45) is 24.0. The van der Waals surface area contributed by atoms with Crippen LogP contribution >= 0.6 is 0 Å². The van der Waals surface area contributed by atoms with Gasteiger partial charge in [0.15, 0.2) is 0 Å². The number of benzene rings is 1. The maximum atomic E-state index is 13.0. The predicted octanol–water partition coefficient (Wildman–Crippen LogP) is 8.10. The number of carbonyl (C=O) groups is 3. The van der Waals surface area contributed by atoms with Crippen LogP contribution in [0.2, 0.25) is 0 Å². The Bertz CT molecular complexity index is 1020. The molecule has 0 fully saturated rings. The van der Waals surface area contributed by atoms with Crippen molar-refractivity contribution in [2.75, 3.05) is 6.54 Å². The maximum absolute atomic E-state index is 13.0. The summed E-state index contributed by atoms with van der Waals surface area (Å²) in [5.41, 5.74) is 1.88. The molecule has 0 saturated carbocycles. The Kier molecular flexibility index (Phi) is 21.1. The van der Waals surface area contributed by atoms with Crippen molar-refractivity contribution in [2.45, 2.75) is 142 Å². The molecule has 0 bridgehead atoms. The monoisotopic (exact) mass is 606 g/mol. The highest BCUT2D eigenvalue weighted by Crippen LogP contribution is 2.15. The summed E-state index contributed by atoms with van der Waals surface area (Å²) < 4.78 is 0. The molecule has 2 aromatic rings. The standard InChI is InChI=1S/C37H58N4O3/c1-2-3-4-5-6-7-11-14-20-25-35(43)41-36(33-22-17-16-18-23-33)37(44)39-28-21-15-12-9-8-10-13-19-24-34(42)40-31-32-26-29-38-30-27-32/h16-18,22-23,26-27,29-30,36H,2-15,19-21,24-25,28,31H2,1H3,(H,39,44)(H,40,42)(H,41,43)/t36-/m1/s1. The number of nitrogens with one attached hydrogen (secondary N) is 3. The van der Waals surface area contributed by atoms with Crippen LogP contribution in [0.5, 0.6) is 0 Å². The Hall–Kier alpha value is -3.22. The second-order valence-electron chi connectivity index (χ2n) is 12.0. The molecular formula is C37H58N4O3. The van der Waals surface area contributed by atoms with E-state index in [9.17, 15) is 14.4 Å². The van der Waals surface area contributed by atoms with E-state index in [4.69, 9.17) is 0 Å². The van der Waals surface area contributed by atoms with Crippen molar-refractivity contribution >= 4 is 17.7 Å². The summed E-state index contributed by atoms with van der Waals surface area (Å²) in [7, 11) is 0. The van der Waals surface area contributed by atoms with E-state index in [-0.39, 0.29) is 17.7 Å². The molecule has 0 aliphatic carbocycles. The number of aromatic nitrogens is 1. The molecule has 0 aliphatic heterocycles. The van der Waals surface area contributed by atoms with E-state index in [0.717, 1.165) is 62.5 Å². The largest absolute Gasteiger partial charge is 0.354 e. The molecule has 1 aromatic heterocycles. The second-order valence-corrected chi connectivity index (χ2v) is 12.0. The Labute approximate surface area is 266 Å². The molecule has 1 heterocycles. The SMILES string of the molecule is CCCCCCCCCCCC(=O)N[C@@H](C(=O)NCCCCCCCCCCC(=O)NCc1ccncc1)c1ccccc1. The van der Waals surface area contributed by atoms with Crippen molar-refractivity contribution in [3.63, 3.8) is 0 Å². The summed E-state index contributed by atoms with van der Waals surface area (Å²) in [5, 5.41) is 9.00. The average molecular weight is 607 g/mol. The van der Waals surface area contributed by atoms with Crippen molar-refractivity contribution in [3.05, 3.63) is 66.0 Å². The van der Waals surface area contributed by atoms with Gasteiger partial charge in [0.1, 0.15) is 6.04 Å². The third-order valence-electron chi connectivity index (χ3n) is 8.08. The van der Waals surface area contributed by atoms with Gasteiger partial charge in [-0.2, -0.15) is 0 Å². The minimum absolute atomic E-state index is 0.0532. The van der Waals surface area contributed by atoms with Gasteiger partial charge in [-0.15, -0.1) is 0 Å². The first-order chi connectivity index (χ1) is 21.6. The third-order valence-corrected chi connectivity index (χ3v) is 8.08. The van der Waals surface area contributed by atoms with Gasteiger partial charge in [-0.05, 0) is 42.5 Å². The van der Waals surface area contributed by atoms with Crippen molar-refractivity contribution in [2.24, 2.45) is 0 Å². The lowest BCUT2D eigenvalue weighted by atomic mass is 10.0. The molecule has 7 heteroatoms. The Morgan fingerprint density at radius 3 is 1.73 bits per heavy atom. The smallest absolute Gasteiger partial charge is 0.247 e. The number of hydrogen-bond acceptors (Lipinski definition) is 4. The molecule has 7 nitrogen and oxygen atoms in total. The number of rotatable bonds is 26. The van der Waals surface area contributed by atoms with Gasteiger partial charge < -0.3 is 16.0 Å². The van der Waals surface area contributed by atoms with Gasteiger partial charge >= 0.3 is 0 Å². The van der Waals surface area contributed by atoms with Crippen LogP contribution < -0.4 is 16.0 Å². The fourth-order valence-electron chi connectivity index (χ4n) is 5.35. The van der Waals surface area contributed by atoms with Crippen molar-refractivity contribution in [3.8, 4) is 0 Å². The lowest BCUT2D eigenvalue weighted by molar-refractivity contribution is -0.129. The molecule has 244 valence electrons. The quantitative estimate of drug-likeness (QED) is 0.0942. The average Bonchev–Trinajstić information content (AvgIpc) is 3.05. The summed E-state index contributed by atoms with van der Waals surface area (Å²) in [5.74, 6) is -0.0827. The van der Waals surface area contributed by atoms with E-state index in [1.165, 1.54) is 57.8 Å². The topological polar surface area (TPSA) is 100 Å². The summed E-state index contributed by atoms with van der Waals surface area (Å²) in [6.45, 7) is 3.41. The lowest BCUT2D eigenvalue weighted by Gasteiger charge is -2.19. The van der Waals surface area contributed by atoms with Crippen LogP contribution in [0.3, 0.4) is 0 Å². The fraction of sp³-hybridized carbons (Fsp3) is 0.622. The van der Waals surface area contributed by atoms with E-state index in [1.807, 2.05) is 42.5 Å². The van der Waals surface area contributed by atoms with Gasteiger partial charge in [-0.3, -0.25) is 19.4 Å². The van der Waals surface area contributed by atoms with Crippen LogP contribution in [0.25, 0.3) is 0 Å². The highest BCUT2D eigenvalue weighted by molar-refractivity contribution is 5.88. The first-order valence-electron chi connectivity index (χ1n) is 17.4. The molecule has 3 N–H and O–H groups in total. The first-order valence-corrected chi connectivity index (χ1v) is 17.4.